The number of rotatable bonds is 2. The number of hydrogen-bond donors (Lipinski definition) is 0. The molecule has 41 heavy (non-hydrogen) atoms. The van der Waals surface area contributed by atoms with Gasteiger partial charge in [-0.1, -0.05) is 24.3 Å². The van der Waals surface area contributed by atoms with Crippen LogP contribution in [0.3, 0.4) is 0 Å². The quantitative estimate of drug-likeness (QED) is 0.211. The highest BCUT2D eigenvalue weighted by Crippen LogP contribution is 2.36. The predicted molar refractivity (Wildman–Crippen MR) is 166 cm³/mol. The summed E-state index contributed by atoms with van der Waals surface area (Å²) in [5.74, 6) is 0. The molecular weight excluding hydrogens is 504 g/mol. The molecule has 0 spiro atoms. The summed E-state index contributed by atoms with van der Waals surface area (Å²) >= 11 is 0. The molecule has 4 aromatic carbocycles. The van der Waals surface area contributed by atoms with Gasteiger partial charge in [0.15, 0.2) is 0 Å². The van der Waals surface area contributed by atoms with E-state index < -0.39 is 0 Å². The largest absolute Gasteiger partial charge is 0.456 e. The lowest BCUT2D eigenvalue weighted by Gasteiger charge is -2.07. The van der Waals surface area contributed by atoms with Crippen LogP contribution in [0.5, 0.6) is 0 Å². The Bertz CT molecular complexity index is 2320. The van der Waals surface area contributed by atoms with E-state index in [0.717, 1.165) is 88.1 Å². The SMILES string of the molecule is c1cnc2ccc3ccc(-c4ccc5oc6ccc(-c7ccc8ccc9ncccc9c8n7)cc6c5c4)nc3c2c1. The summed E-state index contributed by atoms with van der Waals surface area (Å²) in [6.45, 7) is 0. The van der Waals surface area contributed by atoms with Crippen molar-refractivity contribution in [2.45, 2.75) is 0 Å². The molecular formula is C36H20N4O. The molecule has 0 atom stereocenters. The lowest BCUT2D eigenvalue weighted by Crippen LogP contribution is -1.88. The third kappa shape index (κ3) is 3.42. The van der Waals surface area contributed by atoms with Crippen molar-refractivity contribution in [3.05, 3.63) is 122 Å². The Hall–Kier alpha value is -5.68. The number of benzene rings is 4. The topological polar surface area (TPSA) is 64.7 Å². The highest BCUT2D eigenvalue weighted by atomic mass is 16.3. The summed E-state index contributed by atoms with van der Waals surface area (Å²) in [5.41, 5.74) is 9.40. The monoisotopic (exact) mass is 524 g/mol. The number of aromatic nitrogens is 4. The van der Waals surface area contributed by atoms with Crippen LogP contribution in [-0.4, -0.2) is 19.9 Å². The van der Waals surface area contributed by atoms with Gasteiger partial charge in [0.2, 0.25) is 0 Å². The third-order valence-corrected chi connectivity index (χ3v) is 7.94. The van der Waals surface area contributed by atoms with E-state index >= 15 is 0 Å². The zero-order valence-electron chi connectivity index (χ0n) is 21.7. The van der Waals surface area contributed by atoms with Gasteiger partial charge in [-0.2, -0.15) is 0 Å². The van der Waals surface area contributed by atoms with Gasteiger partial charge in [0.05, 0.1) is 33.5 Å². The highest BCUT2D eigenvalue weighted by Gasteiger charge is 2.13. The van der Waals surface area contributed by atoms with E-state index in [9.17, 15) is 0 Å². The number of pyridine rings is 4. The van der Waals surface area contributed by atoms with Crippen LogP contribution in [0, 0.1) is 0 Å². The average molecular weight is 525 g/mol. The van der Waals surface area contributed by atoms with Crippen LogP contribution in [0.2, 0.25) is 0 Å². The summed E-state index contributed by atoms with van der Waals surface area (Å²) in [4.78, 5) is 19.2. The zero-order valence-corrected chi connectivity index (χ0v) is 21.7. The molecule has 190 valence electrons. The number of nitrogens with zero attached hydrogens (tertiary/aromatic N) is 4. The molecule has 5 heteroatoms. The molecule has 0 saturated carbocycles. The minimum atomic E-state index is 0.847. The second-order valence-electron chi connectivity index (χ2n) is 10.3. The number of fused-ring (bicyclic) bond motifs is 9. The smallest absolute Gasteiger partial charge is 0.135 e. The van der Waals surface area contributed by atoms with Crippen molar-refractivity contribution < 1.29 is 4.42 Å². The second-order valence-corrected chi connectivity index (χ2v) is 10.3. The lowest BCUT2D eigenvalue weighted by molar-refractivity contribution is 0.669. The van der Waals surface area contributed by atoms with Crippen LogP contribution in [0.1, 0.15) is 0 Å². The van der Waals surface area contributed by atoms with Crippen molar-refractivity contribution in [3.8, 4) is 22.5 Å². The van der Waals surface area contributed by atoms with Crippen LogP contribution in [0.4, 0.5) is 0 Å². The van der Waals surface area contributed by atoms with Crippen LogP contribution in [0.15, 0.2) is 126 Å². The molecule has 9 rings (SSSR count). The Morgan fingerprint density at radius 1 is 0.439 bits per heavy atom. The molecule has 9 aromatic rings. The first-order valence-corrected chi connectivity index (χ1v) is 13.5. The Kier molecular flexibility index (Phi) is 4.55. The van der Waals surface area contributed by atoms with E-state index in [4.69, 9.17) is 14.4 Å². The Labute approximate surface area is 233 Å². The molecule has 0 fully saturated rings. The first-order valence-electron chi connectivity index (χ1n) is 13.5. The van der Waals surface area contributed by atoms with Gasteiger partial charge in [-0.25, -0.2) is 9.97 Å². The van der Waals surface area contributed by atoms with Crippen LogP contribution in [0.25, 0.3) is 88.1 Å². The minimum absolute atomic E-state index is 0.847. The fraction of sp³-hybridized carbons (Fsp3) is 0. The van der Waals surface area contributed by atoms with Gasteiger partial charge >= 0.3 is 0 Å². The van der Waals surface area contributed by atoms with Gasteiger partial charge in [0, 0.05) is 55.8 Å². The van der Waals surface area contributed by atoms with Crippen LogP contribution < -0.4 is 0 Å². The van der Waals surface area contributed by atoms with Gasteiger partial charge in [-0.3, -0.25) is 9.97 Å². The first-order chi connectivity index (χ1) is 20.3. The van der Waals surface area contributed by atoms with Gasteiger partial charge in [-0.15, -0.1) is 0 Å². The average Bonchev–Trinajstić information content (AvgIpc) is 3.41. The maximum atomic E-state index is 6.23. The van der Waals surface area contributed by atoms with E-state index in [0.29, 0.717) is 0 Å². The summed E-state index contributed by atoms with van der Waals surface area (Å²) in [6, 6.07) is 37.3. The molecule has 0 saturated heterocycles. The fourth-order valence-corrected chi connectivity index (χ4v) is 5.90. The van der Waals surface area contributed by atoms with Gasteiger partial charge < -0.3 is 4.42 Å². The van der Waals surface area contributed by atoms with E-state index in [1.54, 1.807) is 0 Å². The van der Waals surface area contributed by atoms with Crippen molar-refractivity contribution >= 4 is 65.6 Å². The van der Waals surface area contributed by atoms with Gasteiger partial charge in [0.25, 0.3) is 0 Å². The van der Waals surface area contributed by atoms with Crippen molar-refractivity contribution in [2.24, 2.45) is 0 Å². The van der Waals surface area contributed by atoms with E-state index in [1.165, 1.54) is 0 Å². The summed E-state index contributed by atoms with van der Waals surface area (Å²) < 4.78 is 6.23. The molecule has 0 aliphatic rings. The predicted octanol–water partition coefficient (Wildman–Crippen LogP) is 9.11. The molecule has 0 bridgehead atoms. The van der Waals surface area contributed by atoms with Crippen LogP contribution >= 0.6 is 0 Å². The molecule has 0 N–H and O–H groups in total. The summed E-state index contributed by atoms with van der Waals surface area (Å²) in [5, 5.41) is 6.41. The molecule has 5 heterocycles. The third-order valence-electron chi connectivity index (χ3n) is 7.94. The lowest BCUT2D eigenvalue weighted by atomic mass is 10.0. The molecule has 0 unspecified atom stereocenters. The Morgan fingerprint density at radius 2 is 0.927 bits per heavy atom. The molecule has 0 amide bonds. The second kappa shape index (κ2) is 8.41. The summed E-state index contributed by atoms with van der Waals surface area (Å²) in [6.07, 6.45) is 3.63. The van der Waals surface area contributed by atoms with Crippen molar-refractivity contribution in [1.29, 1.82) is 0 Å². The summed E-state index contributed by atoms with van der Waals surface area (Å²) in [7, 11) is 0. The van der Waals surface area contributed by atoms with Gasteiger partial charge in [-0.05, 0) is 84.9 Å². The normalized spacial score (nSPS) is 11.9. The molecule has 5 nitrogen and oxygen atoms in total. The molecule has 0 aliphatic heterocycles. The van der Waals surface area contributed by atoms with E-state index in [1.807, 2.05) is 48.8 Å². The number of furan rings is 1. The highest BCUT2D eigenvalue weighted by molar-refractivity contribution is 6.09. The maximum absolute atomic E-state index is 6.23. The first kappa shape index (κ1) is 22.2. The standard InChI is InChI=1S/C36H20N4O/c1-3-25-31(37-17-1)13-7-21-5-11-29(39-35(21)25)23-9-15-33-27(19-23)28-20-24(10-16-34(28)41-33)30-12-6-22-8-14-32-26(36(22)40-30)4-2-18-38-32/h1-20H. The maximum Gasteiger partial charge on any atom is 0.135 e. The minimum Gasteiger partial charge on any atom is -0.456 e. The molecule has 0 aliphatic carbocycles. The fourth-order valence-electron chi connectivity index (χ4n) is 5.90. The number of hydrogen-bond acceptors (Lipinski definition) is 5. The van der Waals surface area contributed by atoms with Gasteiger partial charge in [0.1, 0.15) is 11.2 Å². The Balaban J connectivity index is 1.20. The van der Waals surface area contributed by atoms with Crippen molar-refractivity contribution in [2.75, 3.05) is 0 Å². The molecule has 5 aromatic heterocycles. The Morgan fingerprint density at radius 3 is 1.44 bits per heavy atom. The van der Waals surface area contributed by atoms with E-state index in [-0.39, 0.29) is 0 Å². The zero-order chi connectivity index (χ0) is 26.9. The van der Waals surface area contributed by atoms with E-state index in [2.05, 4.69) is 82.8 Å². The van der Waals surface area contributed by atoms with Crippen molar-refractivity contribution in [3.63, 3.8) is 0 Å². The van der Waals surface area contributed by atoms with Crippen molar-refractivity contribution in [1.82, 2.24) is 19.9 Å². The van der Waals surface area contributed by atoms with Crippen LogP contribution in [-0.2, 0) is 0 Å². The molecule has 0 radical (unpaired) electrons.